The quantitative estimate of drug-likeness (QED) is 0.447. The van der Waals surface area contributed by atoms with E-state index in [1.807, 2.05) is 0 Å². The summed E-state index contributed by atoms with van der Waals surface area (Å²) in [6, 6.07) is 0. The van der Waals surface area contributed by atoms with Gasteiger partial charge in [-0.25, -0.2) is 4.79 Å². The minimum Gasteiger partial charge on any atom is -0.465 e. The average Bonchev–Trinajstić information content (AvgIpc) is 1.99. The molecule has 0 radical (unpaired) electrons. The van der Waals surface area contributed by atoms with Gasteiger partial charge < -0.3 is 19.3 Å². The smallest absolute Gasteiger partial charge is 0.366 e. The lowest BCUT2D eigenvalue weighted by atomic mass is 10.3. The molecule has 0 saturated carbocycles. The van der Waals surface area contributed by atoms with E-state index in [9.17, 15) is 4.79 Å². The standard InChI is InChI=1S/C6H12O5/c1-6(8,5(7)10-3)11-4-9-2/h8H,4H2,1-3H3. The van der Waals surface area contributed by atoms with Gasteiger partial charge >= 0.3 is 5.97 Å². The molecule has 1 N–H and O–H groups in total. The molecule has 0 heterocycles. The maximum absolute atomic E-state index is 10.7. The maximum atomic E-state index is 10.7. The van der Waals surface area contributed by atoms with Crippen LogP contribution in [0.3, 0.4) is 0 Å². The molecule has 0 amide bonds. The fourth-order valence-electron chi connectivity index (χ4n) is 0.422. The average molecular weight is 164 g/mol. The third-order valence-corrected chi connectivity index (χ3v) is 1.02. The van der Waals surface area contributed by atoms with Gasteiger partial charge in [0.15, 0.2) is 0 Å². The van der Waals surface area contributed by atoms with Crippen molar-refractivity contribution >= 4 is 5.97 Å². The summed E-state index contributed by atoms with van der Waals surface area (Å²) in [6.45, 7) is 1.01. The second-order valence-electron chi connectivity index (χ2n) is 2.03. The van der Waals surface area contributed by atoms with Crippen LogP contribution < -0.4 is 0 Å². The third kappa shape index (κ3) is 3.31. The number of carbonyl (C=O) groups is 1. The van der Waals surface area contributed by atoms with E-state index in [2.05, 4.69) is 14.2 Å². The highest BCUT2D eigenvalue weighted by molar-refractivity contribution is 5.76. The van der Waals surface area contributed by atoms with Crippen LogP contribution in [0.1, 0.15) is 6.92 Å². The van der Waals surface area contributed by atoms with Gasteiger partial charge in [-0.3, -0.25) is 0 Å². The summed E-state index contributed by atoms with van der Waals surface area (Å²) in [6.07, 6.45) is 0. The van der Waals surface area contributed by atoms with Gasteiger partial charge in [0.1, 0.15) is 6.79 Å². The predicted octanol–water partition coefficient (Wildman–Crippen LogP) is -0.512. The normalized spacial score (nSPS) is 15.6. The third-order valence-electron chi connectivity index (χ3n) is 1.02. The Morgan fingerprint density at radius 3 is 2.45 bits per heavy atom. The number of rotatable bonds is 4. The summed E-state index contributed by atoms with van der Waals surface area (Å²) in [7, 11) is 2.54. The van der Waals surface area contributed by atoms with E-state index in [4.69, 9.17) is 5.11 Å². The Hall–Kier alpha value is -0.650. The molecule has 0 saturated heterocycles. The largest absolute Gasteiger partial charge is 0.465 e. The van der Waals surface area contributed by atoms with Crippen molar-refractivity contribution in [1.82, 2.24) is 0 Å². The zero-order valence-corrected chi connectivity index (χ0v) is 6.79. The van der Waals surface area contributed by atoms with Crippen molar-refractivity contribution in [3.8, 4) is 0 Å². The highest BCUT2D eigenvalue weighted by Crippen LogP contribution is 2.06. The lowest BCUT2D eigenvalue weighted by Gasteiger charge is -2.19. The Kier molecular flexibility index (Phi) is 4.02. The van der Waals surface area contributed by atoms with Crippen molar-refractivity contribution in [3.05, 3.63) is 0 Å². The Labute approximate surface area is 64.9 Å². The molecule has 0 aromatic heterocycles. The van der Waals surface area contributed by atoms with Crippen molar-refractivity contribution in [3.63, 3.8) is 0 Å². The van der Waals surface area contributed by atoms with Crippen molar-refractivity contribution in [2.24, 2.45) is 0 Å². The van der Waals surface area contributed by atoms with Crippen LogP contribution in [-0.4, -0.2) is 37.9 Å². The molecule has 0 spiro atoms. The molecule has 0 fully saturated rings. The number of carbonyl (C=O) groups excluding carboxylic acids is 1. The monoisotopic (exact) mass is 164 g/mol. The first-order chi connectivity index (χ1) is 5.04. The number of hydrogen-bond donors (Lipinski definition) is 1. The predicted molar refractivity (Wildman–Crippen MR) is 35.6 cm³/mol. The van der Waals surface area contributed by atoms with Gasteiger partial charge in [-0.15, -0.1) is 0 Å². The highest BCUT2D eigenvalue weighted by atomic mass is 16.7. The topological polar surface area (TPSA) is 65.0 Å². The van der Waals surface area contributed by atoms with Crippen LogP contribution in [0.4, 0.5) is 0 Å². The SMILES string of the molecule is COCOC(C)(O)C(=O)OC. The first-order valence-corrected chi connectivity index (χ1v) is 2.98. The van der Waals surface area contributed by atoms with Gasteiger partial charge in [-0.05, 0) is 0 Å². The molecule has 11 heavy (non-hydrogen) atoms. The minimum absolute atomic E-state index is 0.165. The van der Waals surface area contributed by atoms with Crippen LogP contribution in [-0.2, 0) is 19.0 Å². The highest BCUT2D eigenvalue weighted by Gasteiger charge is 2.32. The molecular weight excluding hydrogens is 152 g/mol. The molecule has 0 aromatic carbocycles. The molecule has 5 heteroatoms. The number of methoxy groups -OCH3 is 2. The molecule has 0 rings (SSSR count). The van der Waals surface area contributed by atoms with Crippen LogP contribution in [0.25, 0.3) is 0 Å². The van der Waals surface area contributed by atoms with Crippen LogP contribution in [0.2, 0.25) is 0 Å². The molecule has 66 valence electrons. The zero-order valence-electron chi connectivity index (χ0n) is 6.79. The molecule has 5 nitrogen and oxygen atoms in total. The van der Waals surface area contributed by atoms with Crippen molar-refractivity contribution in [2.45, 2.75) is 12.7 Å². The van der Waals surface area contributed by atoms with E-state index in [0.29, 0.717) is 0 Å². The maximum Gasteiger partial charge on any atom is 0.366 e. The zero-order chi connectivity index (χ0) is 8.91. The molecule has 0 aliphatic rings. The molecular formula is C6H12O5. The van der Waals surface area contributed by atoms with Gasteiger partial charge in [0, 0.05) is 14.0 Å². The lowest BCUT2D eigenvalue weighted by Crippen LogP contribution is -2.39. The number of ether oxygens (including phenoxy) is 3. The molecule has 0 aromatic rings. The number of hydrogen-bond acceptors (Lipinski definition) is 5. The van der Waals surface area contributed by atoms with Crippen LogP contribution in [0.15, 0.2) is 0 Å². The van der Waals surface area contributed by atoms with Gasteiger partial charge in [0.05, 0.1) is 7.11 Å². The van der Waals surface area contributed by atoms with E-state index >= 15 is 0 Å². The molecule has 0 aliphatic heterocycles. The first-order valence-electron chi connectivity index (χ1n) is 2.98. The van der Waals surface area contributed by atoms with Crippen molar-refractivity contribution in [2.75, 3.05) is 21.0 Å². The summed E-state index contributed by atoms with van der Waals surface area (Å²) in [4.78, 5) is 10.7. The van der Waals surface area contributed by atoms with Crippen LogP contribution in [0, 0.1) is 0 Å². The van der Waals surface area contributed by atoms with Crippen LogP contribution >= 0.6 is 0 Å². The molecule has 0 bridgehead atoms. The summed E-state index contributed by atoms with van der Waals surface area (Å²) in [5.41, 5.74) is 0. The number of aliphatic hydroxyl groups is 1. The van der Waals surface area contributed by atoms with E-state index in [1.165, 1.54) is 14.0 Å². The van der Waals surface area contributed by atoms with Gasteiger partial charge in [-0.2, -0.15) is 0 Å². The molecule has 1 unspecified atom stereocenters. The fraction of sp³-hybridized carbons (Fsp3) is 0.833. The molecule has 1 atom stereocenters. The Balaban J connectivity index is 3.88. The first kappa shape index (κ1) is 10.3. The Morgan fingerprint density at radius 1 is 1.55 bits per heavy atom. The second-order valence-corrected chi connectivity index (χ2v) is 2.03. The van der Waals surface area contributed by atoms with E-state index < -0.39 is 11.8 Å². The fourth-order valence-corrected chi connectivity index (χ4v) is 0.422. The summed E-state index contributed by atoms with van der Waals surface area (Å²) in [5, 5.41) is 9.14. The van der Waals surface area contributed by atoms with E-state index in [0.717, 1.165) is 7.11 Å². The van der Waals surface area contributed by atoms with E-state index in [1.54, 1.807) is 0 Å². The summed E-state index contributed by atoms with van der Waals surface area (Å²) < 4.78 is 13.3. The second kappa shape index (κ2) is 4.27. The van der Waals surface area contributed by atoms with E-state index in [-0.39, 0.29) is 6.79 Å². The van der Waals surface area contributed by atoms with Gasteiger partial charge in [-0.1, -0.05) is 0 Å². The Morgan fingerprint density at radius 2 is 2.09 bits per heavy atom. The summed E-state index contributed by atoms with van der Waals surface area (Å²) >= 11 is 0. The van der Waals surface area contributed by atoms with Crippen molar-refractivity contribution < 1.29 is 24.1 Å². The Bertz CT molecular complexity index is 131. The van der Waals surface area contributed by atoms with Gasteiger partial charge in [0.2, 0.25) is 0 Å². The van der Waals surface area contributed by atoms with Crippen LogP contribution in [0.5, 0.6) is 0 Å². The van der Waals surface area contributed by atoms with Crippen molar-refractivity contribution in [1.29, 1.82) is 0 Å². The minimum atomic E-state index is -1.93. The summed E-state index contributed by atoms with van der Waals surface area (Å²) in [5.74, 6) is -2.78. The lowest BCUT2D eigenvalue weighted by molar-refractivity contribution is -0.242. The number of esters is 1. The molecule has 0 aliphatic carbocycles. The van der Waals surface area contributed by atoms with Gasteiger partial charge in [0.25, 0.3) is 5.79 Å².